The van der Waals surface area contributed by atoms with Gasteiger partial charge in [0.05, 0.1) is 24.9 Å². The number of hydrogen-bond donors (Lipinski definition) is 0. The molecule has 5 nitrogen and oxygen atoms in total. The Kier molecular flexibility index (Phi) is 4.56. The highest BCUT2D eigenvalue weighted by molar-refractivity contribution is 5.11. The molecule has 2 atom stereocenters. The van der Waals surface area contributed by atoms with E-state index in [0.29, 0.717) is 13.2 Å². The van der Waals surface area contributed by atoms with Crippen LogP contribution in [0.1, 0.15) is 24.0 Å². The lowest BCUT2D eigenvalue weighted by Gasteiger charge is -2.23. The maximum Gasteiger partial charge on any atom is 0.0847 e. The minimum absolute atomic E-state index is 0.0212. The van der Waals surface area contributed by atoms with Gasteiger partial charge in [0.15, 0.2) is 0 Å². The van der Waals surface area contributed by atoms with Crippen LogP contribution in [-0.4, -0.2) is 46.3 Å². The second kappa shape index (κ2) is 6.97. The zero-order chi connectivity index (χ0) is 16.2. The number of aromatic nitrogens is 2. The first-order chi connectivity index (χ1) is 11.8. The molecule has 0 radical (unpaired) electrons. The van der Waals surface area contributed by atoms with Gasteiger partial charge in [-0.2, -0.15) is 0 Å². The third-order valence-electron chi connectivity index (χ3n) is 4.93. The summed E-state index contributed by atoms with van der Waals surface area (Å²) in [6.45, 7) is 4.34. The van der Waals surface area contributed by atoms with E-state index in [0.717, 1.165) is 38.0 Å². The normalized spacial score (nSPS) is 27.1. The largest absolute Gasteiger partial charge is 0.371 e. The summed E-state index contributed by atoms with van der Waals surface area (Å²) in [6, 6.07) is 8.16. The van der Waals surface area contributed by atoms with Gasteiger partial charge >= 0.3 is 0 Å². The van der Waals surface area contributed by atoms with E-state index in [1.165, 1.54) is 5.56 Å². The Labute approximate surface area is 142 Å². The Bertz CT molecular complexity index is 652. The van der Waals surface area contributed by atoms with Crippen molar-refractivity contribution in [3.05, 3.63) is 60.2 Å². The number of nitrogens with zero attached hydrogens (tertiary/aromatic N) is 3. The molecule has 4 rings (SSSR count). The maximum atomic E-state index is 6.18. The molecule has 126 valence electrons. The first-order valence-electron chi connectivity index (χ1n) is 8.57. The van der Waals surface area contributed by atoms with E-state index in [9.17, 15) is 0 Å². The number of ether oxygens (including phenoxy) is 2. The maximum absolute atomic E-state index is 6.18. The molecule has 0 aliphatic carbocycles. The predicted molar refractivity (Wildman–Crippen MR) is 90.2 cm³/mol. The third-order valence-corrected chi connectivity index (χ3v) is 4.93. The van der Waals surface area contributed by atoms with Crippen molar-refractivity contribution in [2.24, 2.45) is 0 Å². The van der Waals surface area contributed by atoms with Crippen LogP contribution in [0.3, 0.4) is 0 Å². The van der Waals surface area contributed by atoms with Crippen LogP contribution < -0.4 is 0 Å². The second-order valence-corrected chi connectivity index (χ2v) is 6.81. The summed E-state index contributed by atoms with van der Waals surface area (Å²) in [5.74, 6) is 0. The van der Waals surface area contributed by atoms with Crippen LogP contribution in [0.4, 0.5) is 0 Å². The molecular formula is C19H23N3O2. The lowest BCUT2D eigenvalue weighted by molar-refractivity contribution is -0.000452. The summed E-state index contributed by atoms with van der Waals surface area (Å²) < 4.78 is 12.2. The van der Waals surface area contributed by atoms with Crippen LogP contribution in [-0.2, 0) is 22.6 Å². The van der Waals surface area contributed by atoms with E-state index in [-0.39, 0.29) is 11.7 Å². The van der Waals surface area contributed by atoms with Crippen molar-refractivity contribution in [2.75, 3.05) is 19.7 Å². The molecular weight excluding hydrogens is 302 g/mol. The average Bonchev–Trinajstić information content (AvgIpc) is 3.21. The Hall–Kier alpha value is -1.82. The first-order valence-corrected chi connectivity index (χ1v) is 8.57. The summed E-state index contributed by atoms with van der Waals surface area (Å²) in [5, 5.41) is 0. The average molecular weight is 325 g/mol. The van der Waals surface area contributed by atoms with Crippen molar-refractivity contribution in [2.45, 2.75) is 37.7 Å². The Balaban J connectivity index is 1.28. The lowest BCUT2D eigenvalue weighted by Crippen LogP contribution is -2.32. The Morgan fingerprint density at radius 2 is 2.08 bits per heavy atom. The van der Waals surface area contributed by atoms with Gasteiger partial charge in [0.1, 0.15) is 0 Å². The first kappa shape index (κ1) is 15.7. The van der Waals surface area contributed by atoms with Gasteiger partial charge in [-0.3, -0.25) is 14.9 Å². The second-order valence-electron chi connectivity index (χ2n) is 6.81. The van der Waals surface area contributed by atoms with Gasteiger partial charge in [0.2, 0.25) is 0 Å². The lowest BCUT2D eigenvalue weighted by atomic mass is 9.98. The smallest absolute Gasteiger partial charge is 0.0847 e. The molecule has 0 N–H and O–H groups in total. The van der Waals surface area contributed by atoms with Crippen molar-refractivity contribution >= 4 is 0 Å². The van der Waals surface area contributed by atoms with E-state index in [2.05, 4.69) is 27.0 Å². The molecule has 2 aromatic heterocycles. The molecule has 4 heterocycles. The van der Waals surface area contributed by atoms with Crippen LogP contribution in [0, 0.1) is 0 Å². The molecule has 0 aromatic carbocycles. The van der Waals surface area contributed by atoms with Crippen LogP contribution in [0.25, 0.3) is 0 Å². The molecule has 0 saturated carbocycles. The van der Waals surface area contributed by atoms with Gasteiger partial charge in [-0.15, -0.1) is 0 Å². The fraction of sp³-hybridized carbons (Fsp3) is 0.474. The van der Waals surface area contributed by atoms with E-state index >= 15 is 0 Å². The molecule has 0 amide bonds. The van der Waals surface area contributed by atoms with E-state index in [4.69, 9.17) is 9.47 Å². The summed E-state index contributed by atoms with van der Waals surface area (Å²) in [4.78, 5) is 10.7. The van der Waals surface area contributed by atoms with Crippen molar-refractivity contribution in [3.63, 3.8) is 0 Å². The van der Waals surface area contributed by atoms with Gasteiger partial charge in [-0.05, 0) is 35.7 Å². The minimum atomic E-state index is -0.0212. The standard InChI is InChI=1S/C19H23N3O2/c1-2-17(11-21-6-1)13-23-18-10-19(24-14-18)5-9-22(15-19)12-16-3-7-20-8-4-16/h1-4,6-8,11,18H,5,9-10,12-15H2/t18-,19-/m0/s1. The third kappa shape index (κ3) is 3.64. The Morgan fingerprint density at radius 3 is 2.92 bits per heavy atom. The molecule has 2 aliphatic heterocycles. The van der Waals surface area contributed by atoms with E-state index in [1.807, 2.05) is 30.7 Å². The van der Waals surface area contributed by atoms with E-state index < -0.39 is 0 Å². The molecule has 1 spiro atoms. The molecule has 2 saturated heterocycles. The van der Waals surface area contributed by atoms with Crippen molar-refractivity contribution in [3.8, 4) is 0 Å². The number of likely N-dealkylation sites (tertiary alicyclic amines) is 1. The van der Waals surface area contributed by atoms with Gasteiger partial charge in [0.25, 0.3) is 0 Å². The predicted octanol–water partition coefficient (Wildman–Crippen LogP) is 2.43. The van der Waals surface area contributed by atoms with Crippen LogP contribution in [0.15, 0.2) is 49.1 Å². The molecule has 24 heavy (non-hydrogen) atoms. The minimum Gasteiger partial charge on any atom is -0.371 e. The van der Waals surface area contributed by atoms with Crippen molar-refractivity contribution < 1.29 is 9.47 Å². The Morgan fingerprint density at radius 1 is 1.17 bits per heavy atom. The topological polar surface area (TPSA) is 47.5 Å². The van der Waals surface area contributed by atoms with Crippen molar-refractivity contribution in [1.29, 1.82) is 0 Å². The highest BCUT2D eigenvalue weighted by Gasteiger charge is 2.45. The van der Waals surface area contributed by atoms with Gasteiger partial charge < -0.3 is 9.47 Å². The molecule has 5 heteroatoms. The molecule has 0 bridgehead atoms. The van der Waals surface area contributed by atoms with Crippen LogP contribution in [0.2, 0.25) is 0 Å². The van der Waals surface area contributed by atoms with Gasteiger partial charge in [-0.25, -0.2) is 0 Å². The quantitative estimate of drug-likeness (QED) is 0.845. The van der Waals surface area contributed by atoms with Gasteiger partial charge in [0, 0.05) is 50.8 Å². The SMILES string of the molecule is c1cncc(CO[C@@H]2CO[C@@]3(CCN(Cc4ccncc4)C3)C2)c1. The molecule has 0 unspecified atom stereocenters. The highest BCUT2D eigenvalue weighted by atomic mass is 16.6. The number of pyridine rings is 2. The number of hydrogen-bond acceptors (Lipinski definition) is 5. The fourth-order valence-electron chi connectivity index (χ4n) is 3.70. The summed E-state index contributed by atoms with van der Waals surface area (Å²) in [7, 11) is 0. The van der Waals surface area contributed by atoms with E-state index in [1.54, 1.807) is 6.20 Å². The number of rotatable bonds is 5. The highest BCUT2D eigenvalue weighted by Crippen LogP contribution is 2.36. The summed E-state index contributed by atoms with van der Waals surface area (Å²) in [5.41, 5.74) is 2.40. The zero-order valence-corrected chi connectivity index (χ0v) is 13.8. The summed E-state index contributed by atoms with van der Waals surface area (Å²) in [6.07, 6.45) is 9.62. The van der Waals surface area contributed by atoms with Crippen LogP contribution >= 0.6 is 0 Å². The summed E-state index contributed by atoms with van der Waals surface area (Å²) >= 11 is 0. The zero-order valence-electron chi connectivity index (χ0n) is 13.8. The molecule has 2 fully saturated rings. The van der Waals surface area contributed by atoms with Crippen molar-refractivity contribution in [1.82, 2.24) is 14.9 Å². The molecule has 2 aromatic rings. The monoisotopic (exact) mass is 325 g/mol. The molecule has 2 aliphatic rings. The fourth-order valence-corrected chi connectivity index (χ4v) is 3.70. The van der Waals surface area contributed by atoms with Crippen LogP contribution in [0.5, 0.6) is 0 Å². The van der Waals surface area contributed by atoms with Gasteiger partial charge in [-0.1, -0.05) is 6.07 Å².